The van der Waals surface area contributed by atoms with Gasteiger partial charge in [0.05, 0.1) is 6.21 Å². The van der Waals surface area contributed by atoms with E-state index in [1.165, 1.54) is 5.71 Å². The summed E-state index contributed by atoms with van der Waals surface area (Å²) in [5.74, 6) is 0.481. The predicted octanol–water partition coefficient (Wildman–Crippen LogP) is 1.33. The Morgan fingerprint density at radius 1 is 1.70 bits per heavy atom. The molecule has 0 radical (unpaired) electrons. The van der Waals surface area contributed by atoms with Crippen LogP contribution in [0.1, 0.15) is 13.8 Å². The topological polar surface area (TPSA) is 15.4 Å². The van der Waals surface area contributed by atoms with Gasteiger partial charge in [-0.15, -0.1) is 11.6 Å². The number of nitrogens with zero attached hydrogens (tertiary/aromatic N) is 2. The lowest BCUT2D eigenvalue weighted by atomic mass is 10.1. The second-order valence-electron chi connectivity index (χ2n) is 2.77. The highest BCUT2D eigenvalue weighted by Crippen LogP contribution is 2.10. The summed E-state index contributed by atoms with van der Waals surface area (Å²) < 4.78 is 1.85. The molecule has 1 aliphatic rings. The van der Waals surface area contributed by atoms with Crippen molar-refractivity contribution in [3.63, 3.8) is 0 Å². The minimum absolute atomic E-state index is 0.00463. The van der Waals surface area contributed by atoms with Gasteiger partial charge in [0.1, 0.15) is 0 Å². The lowest BCUT2D eigenvalue weighted by molar-refractivity contribution is -0.501. The van der Waals surface area contributed by atoms with Crippen molar-refractivity contribution in [1.82, 2.24) is 0 Å². The highest BCUT2D eigenvalue weighted by Gasteiger charge is 2.28. The molecule has 10 heavy (non-hydrogen) atoms. The average molecular weight is 160 g/mol. The zero-order valence-electron chi connectivity index (χ0n) is 6.50. The third-order valence-corrected chi connectivity index (χ3v) is 1.95. The molecule has 0 aromatic carbocycles. The van der Waals surface area contributed by atoms with Crippen LogP contribution in [0, 0.1) is 5.92 Å². The van der Waals surface area contributed by atoms with Crippen molar-refractivity contribution in [3.8, 4) is 0 Å². The van der Waals surface area contributed by atoms with Gasteiger partial charge in [0, 0.05) is 5.92 Å². The van der Waals surface area contributed by atoms with E-state index in [0.717, 1.165) is 0 Å². The summed E-state index contributed by atoms with van der Waals surface area (Å²) >= 11 is 5.94. The lowest BCUT2D eigenvalue weighted by Crippen LogP contribution is -2.23. The van der Waals surface area contributed by atoms with E-state index in [2.05, 4.69) is 18.9 Å². The molecule has 3 heteroatoms. The predicted molar refractivity (Wildman–Crippen MR) is 44.2 cm³/mol. The third kappa shape index (κ3) is 1.21. The molecule has 1 aliphatic heterocycles. The van der Waals surface area contributed by atoms with Crippen molar-refractivity contribution >= 4 is 23.5 Å². The molecule has 1 unspecified atom stereocenters. The molecule has 2 nitrogen and oxygen atoms in total. The Bertz CT molecular complexity index is 194. The largest absolute Gasteiger partial charge is 0.210 e. The van der Waals surface area contributed by atoms with Crippen LogP contribution in [0.15, 0.2) is 5.10 Å². The van der Waals surface area contributed by atoms with Gasteiger partial charge in [0.25, 0.3) is 0 Å². The lowest BCUT2D eigenvalue weighted by Gasteiger charge is -2.01. The first kappa shape index (κ1) is 7.73. The summed E-state index contributed by atoms with van der Waals surface area (Å²) in [7, 11) is 1.92. The summed E-state index contributed by atoms with van der Waals surface area (Å²) in [5, 5.41) is 4.06. The van der Waals surface area contributed by atoms with Crippen LogP contribution < -0.4 is 0 Å². The Morgan fingerprint density at radius 3 is 2.50 bits per heavy atom. The molecule has 0 aliphatic carbocycles. The summed E-state index contributed by atoms with van der Waals surface area (Å²) in [4.78, 5) is 0. The number of hydrazone groups is 1. The van der Waals surface area contributed by atoms with Gasteiger partial charge in [0.15, 0.2) is 12.4 Å². The second kappa shape index (κ2) is 2.70. The standard InChI is InChI=1S/C7H12ClN2/c1-5(2)7-6(8)4-9-10(7)3/h4-6H,1-3H3/q+1. The van der Waals surface area contributed by atoms with Crippen LogP contribution >= 0.6 is 11.6 Å². The Balaban J connectivity index is 2.85. The first-order chi connectivity index (χ1) is 4.63. The van der Waals surface area contributed by atoms with Gasteiger partial charge in [-0.05, 0) is 5.10 Å². The molecule has 0 saturated carbocycles. The maximum Gasteiger partial charge on any atom is 0.210 e. The number of halogens is 1. The fourth-order valence-corrected chi connectivity index (χ4v) is 1.62. The highest BCUT2D eigenvalue weighted by molar-refractivity contribution is 6.40. The fraction of sp³-hybridized carbons (Fsp3) is 0.714. The molecule has 0 amide bonds. The van der Waals surface area contributed by atoms with Gasteiger partial charge in [-0.1, -0.05) is 18.5 Å². The molecule has 0 N–H and O–H groups in total. The van der Waals surface area contributed by atoms with Crippen LogP contribution in [0.25, 0.3) is 0 Å². The maximum absolute atomic E-state index is 5.94. The van der Waals surface area contributed by atoms with E-state index in [0.29, 0.717) is 5.92 Å². The van der Waals surface area contributed by atoms with E-state index in [4.69, 9.17) is 11.6 Å². The van der Waals surface area contributed by atoms with Crippen LogP contribution in [0.3, 0.4) is 0 Å². The van der Waals surface area contributed by atoms with Crippen LogP contribution in [-0.4, -0.2) is 29.0 Å². The quantitative estimate of drug-likeness (QED) is 0.405. The first-order valence-electron chi connectivity index (χ1n) is 3.41. The third-order valence-electron chi connectivity index (χ3n) is 1.62. The van der Waals surface area contributed by atoms with Crippen molar-refractivity contribution in [1.29, 1.82) is 0 Å². The molecule has 56 valence electrons. The molecule has 1 atom stereocenters. The summed E-state index contributed by atoms with van der Waals surface area (Å²) in [6.45, 7) is 4.24. The average Bonchev–Trinajstić information content (AvgIpc) is 2.11. The van der Waals surface area contributed by atoms with Crippen LogP contribution in [0.5, 0.6) is 0 Å². The number of alkyl halides is 1. The minimum atomic E-state index is 0.00463. The van der Waals surface area contributed by atoms with Crippen LogP contribution in [0.2, 0.25) is 0 Å². The van der Waals surface area contributed by atoms with Crippen molar-refractivity contribution in [3.05, 3.63) is 0 Å². The van der Waals surface area contributed by atoms with Crippen molar-refractivity contribution in [2.24, 2.45) is 11.0 Å². The summed E-state index contributed by atoms with van der Waals surface area (Å²) in [6.07, 6.45) is 1.76. The first-order valence-corrected chi connectivity index (χ1v) is 3.85. The minimum Gasteiger partial charge on any atom is -0.105 e. The molecular weight excluding hydrogens is 148 g/mol. The van der Waals surface area contributed by atoms with Gasteiger partial charge < -0.3 is 0 Å². The fourth-order valence-electron chi connectivity index (χ4n) is 1.17. The van der Waals surface area contributed by atoms with Crippen LogP contribution in [0.4, 0.5) is 0 Å². The molecule has 0 fully saturated rings. The molecule has 0 saturated heterocycles. The Hall–Kier alpha value is -0.370. The van der Waals surface area contributed by atoms with E-state index in [-0.39, 0.29) is 5.38 Å². The van der Waals surface area contributed by atoms with Crippen molar-refractivity contribution in [2.75, 3.05) is 7.05 Å². The Morgan fingerprint density at radius 2 is 2.30 bits per heavy atom. The van der Waals surface area contributed by atoms with Gasteiger partial charge in [-0.2, -0.15) is 0 Å². The maximum atomic E-state index is 5.94. The van der Waals surface area contributed by atoms with E-state index < -0.39 is 0 Å². The van der Waals surface area contributed by atoms with Gasteiger partial charge >= 0.3 is 0 Å². The Kier molecular flexibility index (Phi) is 2.09. The molecule has 0 bridgehead atoms. The molecule has 0 aromatic heterocycles. The number of hydrogen-bond acceptors (Lipinski definition) is 1. The van der Waals surface area contributed by atoms with Gasteiger partial charge in [-0.25, -0.2) is 0 Å². The van der Waals surface area contributed by atoms with Crippen molar-refractivity contribution in [2.45, 2.75) is 19.2 Å². The SMILES string of the molecule is CC(C)C1=[N+](C)N=CC1Cl. The van der Waals surface area contributed by atoms with Gasteiger partial charge in [0.2, 0.25) is 5.71 Å². The zero-order chi connectivity index (χ0) is 7.72. The Labute approximate surface area is 66.2 Å². The molecular formula is C7H12ClN2+. The van der Waals surface area contributed by atoms with E-state index >= 15 is 0 Å². The molecule has 1 heterocycles. The summed E-state index contributed by atoms with van der Waals surface area (Å²) in [5.41, 5.74) is 1.18. The molecule has 0 spiro atoms. The van der Waals surface area contributed by atoms with Crippen LogP contribution in [-0.2, 0) is 0 Å². The number of rotatable bonds is 1. The van der Waals surface area contributed by atoms with Crippen molar-refractivity contribution < 1.29 is 4.68 Å². The van der Waals surface area contributed by atoms with Gasteiger partial charge in [-0.3, -0.25) is 0 Å². The highest BCUT2D eigenvalue weighted by atomic mass is 35.5. The normalized spacial score (nSPS) is 25.1. The molecule has 1 rings (SSSR count). The monoisotopic (exact) mass is 159 g/mol. The second-order valence-corrected chi connectivity index (χ2v) is 3.24. The van der Waals surface area contributed by atoms with E-state index in [9.17, 15) is 0 Å². The summed E-state index contributed by atoms with van der Waals surface area (Å²) in [6, 6.07) is 0. The number of hydrogen-bond donors (Lipinski definition) is 0. The smallest absolute Gasteiger partial charge is 0.105 e. The van der Waals surface area contributed by atoms with E-state index in [1.807, 2.05) is 11.7 Å². The molecule has 0 aromatic rings. The van der Waals surface area contributed by atoms with E-state index in [1.54, 1.807) is 6.21 Å². The zero-order valence-corrected chi connectivity index (χ0v) is 7.26.